The van der Waals surface area contributed by atoms with Crippen molar-refractivity contribution >= 4 is 28.9 Å². The van der Waals surface area contributed by atoms with Gasteiger partial charge in [-0.3, -0.25) is 4.79 Å². The molecule has 0 aromatic carbocycles. The van der Waals surface area contributed by atoms with Crippen LogP contribution in [0.15, 0.2) is 17.4 Å². The van der Waals surface area contributed by atoms with Crippen LogP contribution < -0.4 is 0 Å². The molecule has 0 bridgehead atoms. The van der Waals surface area contributed by atoms with Crippen molar-refractivity contribution in [2.75, 3.05) is 5.75 Å². The predicted molar refractivity (Wildman–Crippen MR) is 80.2 cm³/mol. The Morgan fingerprint density at radius 3 is 2.75 bits per heavy atom. The van der Waals surface area contributed by atoms with E-state index in [0.29, 0.717) is 5.92 Å². The number of thioether (sulfide) groups is 1. The van der Waals surface area contributed by atoms with Crippen molar-refractivity contribution in [3.05, 3.63) is 17.8 Å². The second-order valence-corrected chi connectivity index (χ2v) is 6.17. The fourth-order valence-electron chi connectivity index (χ4n) is 1.98. The van der Waals surface area contributed by atoms with Gasteiger partial charge in [0, 0.05) is 12.2 Å². The van der Waals surface area contributed by atoms with Crippen LogP contribution in [0.25, 0.3) is 11.2 Å². The molecule has 0 saturated carbocycles. The lowest BCUT2D eigenvalue weighted by Gasteiger charge is -2.20. The highest BCUT2D eigenvalue weighted by atomic mass is 32.2. The normalized spacial score (nSPS) is 13.1. The lowest BCUT2D eigenvalue weighted by Crippen LogP contribution is -2.13. The minimum Gasteiger partial charge on any atom is -0.481 e. The van der Waals surface area contributed by atoms with Crippen LogP contribution in [0.5, 0.6) is 0 Å². The Bertz CT molecular complexity index is 637. The maximum atomic E-state index is 10.8. The molecule has 0 fully saturated rings. The molecule has 2 heterocycles. The number of carbonyl (C=O) groups is 1. The molecule has 2 aromatic rings. The van der Waals surface area contributed by atoms with Gasteiger partial charge in [0.2, 0.25) is 0 Å². The van der Waals surface area contributed by atoms with Crippen molar-refractivity contribution in [3.8, 4) is 0 Å². The molecule has 2 rings (SSSR count). The van der Waals surface area contributed by atoms with E-state index in [1.807, 2.05) is 13.0 Å². The van der Waals surface area contributed by atoms with Crippen LogP contribution in [0.1, 0.15) is 32.4 Å². The van der Waals surface area contributed by atoms with Gasteiger partial charge in [-0.1, -0.05) is 25.6 Å². The molecule has 0 aliphatic carbocycles. The Morgan fingerprint density at radius 1 is 1.45 bits per heavy atom. The van der Waals surface area contributed by atoms with E-state index in [1.165, 1.54) is 11.8 Å². The highest BCUT2D eigenvalue weighted by Gasteiger charge is 2.20. The zero-order chi connectivity index (χ0) is 14.9. The third kappa shape index (κ3) is 2.80. The maximum absolute atomic E-state index is 10.8. The first kappa shape index (κ1) is 14.8. The highest BCUT2D eigenvalue weighted by molar-refractivity contribution is 7.99. The Labute approximate surface area is 122 Å². The van der Waals surface area contributed by atoms with Crippen LogP contribution in [0.4, 0.5) is 0 Å². The lowest BCUT2D eigenvalue weighted by atomic mass is 10.1. The number of rotatable bonds is 5. The van der Waals surface area contributed by atoms with Gasteiger partial charge in [0.15, 0.2) is 10.8 Å². The molecular formula is C14H19N3O2S. The lowest BCUT2D eigenvalue weighted by molar-refractivity contribution is -0.133. The quantitative estimate of drug-likeness (QED) is 0.858. The number of nitrogens with zero attached hydrogens (tertiary/aromatic N) is 3. The van der Waals surface area contributed by atoms with Gasteiger partial charge in [0.1, 0.15) is 5.52 Å². The number of aryl methyl sites for hydroxylation is 1. The van der Waals surface area contributed by atoms with E-state index in [2.05, 4.69) is 35.3 Å². The van der Waals surface area contributed by atoms with Crippen molar-refractivity contribution in [3.63, 3.8) is 0 Å². The fourth-order valence-corrected chi connectivity index (χ4v) is 2.78. The summed E-state index contributed by atoms with van der Waals surface area (Å²) in [7, 11) is 0. The predicted octanol–water partition coefficient (Wildman–Crippen LogP) is 3.13. The van der Waals surface area contributed by atoms with Crippen LogP contribution in [-0.2, 0) is 4.79 Å². The van der Waals surface area contributed by atoms with Gasteiger partial charge in [-0.05, 0) is 31.4 Å². The number of carboxylic acids is 1. The van der Waals surface area contributed by atoms with Crippen molar-refractivity contribution in [1.29, 1.82) is 0 Å². The molecule has 2 aromatic heterocycles. The first-order valence-corrected chi connectivity index (χ1v) is 7.58. The Morgan fingerprint density at radius 2 is 2.15 bits per heavy atom. The summed E-state index contributed by atoms with van der Waals surface area (Å²) in [6, 6.07) is 2.14. The van der Waals surface area contributed by atoms with E-state index < -0.39 is 5.97 Å². The Balaban J connectivity index is 2.56. The van der Waals surface area contributed by atoms with Crippen LogP contribution in [-0.4, -0.2) is 31.4 Å². The molecule has 0 spiro atoms. The van der Waals surface area contributed by atoms with E-state index in [9.17, 15) is 4.79 Å². The number of hydrogen-bond acceptors (Lipinski definition) is 4. The molecule has 20 heavy (non-hydrogen) atoms. The first-order chi connectivity index (χ1) is 9.41. The van der Waals surface area contributed by atoms with Gasteiger partial charge in [-0.25, -0.2) is 9.97 Å². The largest absolute Gasteiger partial charge is 0.481 e. The van der Waals surface area contributed by atoms with Crippen molar-refractivity contribution in [2.45, 2.75) is 38.9 Å². The van der Waals surface area contributed by atoms with Gasteiger partial charge in [0.05, 0.1) is 5.75 Å². The van der Waals surface area contributed by atoms with Crippen LogP contribution in [0.2, 0.25) is 0 Å². The minimum absolute atomic E-state index is 0.00713. The molecule has 1 unspecified atom stereocenters. The monoisotopic (exact) mass is 293 g/mol. The number of aliphatic carboxylic acids is 1. The summed E-state index contributed by atoms with van der Waals surface area (Å²) in [5.41, 5.74) is 2.74. The highest BCUT2D eigenvalue weighted by Crippen LogP contribution is 2.30. The molecular weight excluding hydrogens is 274 g/mol. The smallest absolute Gasteiger partial charge is 0.313 e. The molecule has 0 radical (unpaired) electrons. The zero-order valence-corrected chi connectivity index (χ0v) is 12.9. The van der Waals surface area contributed by atoms with Crippen molar-refractivity contribution in [1.82, 2.24) is 14.5 Å². The summed E-state index contributed by atoms with van der Waals surface area (Å²) in [5.74, 6) is -0.415. The number of aromatic nitrogens is 3. The summed E-state index contributed by atoms with van der Waals surface area (Å²) < 4.78 is 2.06. The standard InChI is InChI=1S/C14H19N3O2S/c1-8(2)10(4)17-13-12(9(3)5-6-15-13)16-14(17)20-7-11(18)19/h5-6,8,10H,7H2,1-4H3,(H,18,19). The molecule has 0 aliphatic heterocycles. The topological polar surface area (TPSA) is 68.0 Å². The van der Waals surface area contributed by atoms with E-state index in [-0.39, 0.29) is 11.8 Å². The third-order valence-electron chi connectivity index (χ3n) is 3.45. The Kier molecular flexibility index (Phi) is 4.32. The summed E-state index contributed by atoms with van der Waals surface area (Å²) in [6.45, 7) is 8.38. The summed E-state index contributed by atoms with van der Waals surface area (Å²) in [6.07, 6.45) is 1.77. The zero-order valence-electron chi connectivity index (χ0n) is 12.1. The van der Waals surface area contributed by atoms with E-state index >= 15 is 0 Å². The Hall–Kier alpha value is -1.56. The van der Waals surface area contributed by atoms with Crippen molar-refractivity contribution in [2.24, 2.45) is 5.92 Å². The van der Waals surface area contributed by atoms with Gasteiger partial charge < -0.3 is 9.67 Å². The minimum atomic E-state index is -0.838. The van der Waals surface area contributed by atoms with E-state index in [1.54, 1.807) is 6.20 Å². The molecule has 0 saturated heterocycles. The number of carboxylic acid groups (broad SMARTS) is 1. The fraction of sp³-hybridized carbons (Fsp3) is 0.500. The van der Waals surface area contributed by atoms with Crippen LogP contribution in [0, 0.1) is 12.8 Å². The third-order valence-corrected chi connectivity index (χ3v) is 4.38. The number of hydrogen-bond donors (Lipinski definition) is 1. The SMILES string of the molecule is Cc1ccnc2c1nc(SCC(=O)O)n2C(C)C(C)C. The molecule has 1 N–H and O–H groups in total. The molecule has 1 atom stereocenters. The second-order valence-electron chi connectivity index (χ2n) is 5.23. The summed E-state index contributed by atoms with van der Waals surface area (Å²) >= 11 is 1.25. The molecule has 0 aliphatic rings. The number of imidazole rings is 1. The molecule has 6 heteroatoms. The second kappa shape index (κ2) is 5.83. The molecule has 0 amide bonds. The van der Waals surface area contributed by atoms with E-state index in [4.69, 9.17) is 5.11 Å². The van der Waals surface area contributed by atoms with Gasteiger partial charge in [-0.2, -0.15) is 0 Å². The van der Waals surface area contributed by atoms with E-state index in [0.717, 1.165) is 21.9 Å². The summed E-state index contributed by atoms with van der Waals surface area (Å²) in [4.78, 5) is 19.8. The van der Waals surface area contributed by atoms with Gasteiger partial charge in [0.25, 0.3) is 0 Å². The molecule has 108 valence electrons. The maximum Gasteiger partial charge on any atom is 0.313 e. The van der Waals surface area contributed by atoms with Crippen molar-refractivity contribution < 1.29 is 9.90 Å². The molecule has 5 nitrogen and oxygen atoms in total. The van der Waals surface area contributed by atoms with Gasteiger partial charge in [-0.15, -0.1) is 0 Å². The number of pyridine rings is 1. The summed E-state index contributed by atoms with van der Waals surface area (Å²) in [5, 5.41) is 9.60. The number of fused-ring (bicyclic) bond motifs is 1. The van der Waals surface area contributed by atoms with Crippen LogP contribution >= 0.6 is 11.8 Å². The average Bonchev–Trinajstić information content (AvgIpc) is 2.75. The van der Waals surface area contributed by atoms with Crippen LogP contribution in [0.3, 0.4) is 0 Å². The first-order valence-electron chi connectivity index (χ1n) is 6.60. The van der Waals surface area contributed by atoms with Gasteiger partial charge >= 0.3 is 5.97 Å². The average molecular weight is 293 g/mol.